The van der Waals surface area contributed by atoms with Gasteiger partial charge in [0, 0.05) is 17.6 Å². The Morgan fingerprint density at radius 2 is 2.16 bits per heavy atom. The summed E-state index contributed by atoms with van der Waals surface area (Å²) in [4.78, 5) is 11.7. The normalized spacial score (nSPS) is 11.4. The Morgan fingerprint density at radius 1 is 1.42 bits per heavy atom. The van der Waals surface area contributed by atoms with Gasteiger partial charge in [-0.3, -0.25) is 4.79 Å². The molecule has 0 aromatic heterocycles. The zero-order valence-corrected chi connectivity index (χ0v) is 13.2. The number of rotatable bonds is 7. The predicted molar refractivity (Wildman–Crippen MR) is 81.0 cm³/mol. The maximum Gasteiger partial charge on any atom is 0.224 e. The topological polar surface area (TPSA) is 49.3 Å². The molecule has 0 aliphatic rings. The highest BCUT2D eigenvalue weighted by atomic mass is 79.9. The summed E-state index contributed by atoms with van der Waals surface area (Å²) < 4.78 is 0.988. The van der Waals surface area contributed by atoms with Crippen molar-refractivity contribution in [1.29, 1.82) is 0 Å². The third-order valence-electron chi connectivity index (χ3n) is 3.03. The maximum atomic E-state index is 11.7. The van der Waals surface area contributed by atoms with E-state index in [0.717, 1.165) is 22.9 Å². The average molecular weight is 328 g/mol. The van der Waals surface area contributed by atoms with E-state index in [4.69, 9.17) is 5.11 Å². The van der Waals surface area contributed by atoms with Gasteiger partial charge in [0.25, 0.3) is 0 Å². The van der Waals surface area contributed by atoms with Gasteiger partial charge in [-0.05, 0) is 36.0 Å². The summed E-state index contributed by atoms with van der Waals surface area (Å²) in [5.41, 5.74) is 0.942. The fourth-order valence-electron chi connectivity index (χ4n) is 1.77. The Kier molecular flexibility index (Phi) is 6.52. The SMILES string of the molecule is CC(C)(CO)CCCNC(=O)Cc1cccc(Br)c1. The standard InChI is InChI=1S/C15H22BrNO2/c1-15(2,11-18)7-4-8-17-14(19)10-12-5-3-6-13(16)9-12/h3,5-6,9,18H,4,7-8,10-11H2,1-2H3,(H,17,19). The molecule has 0 spiro atoms. The third kappa shape index (κ3) is 6.73. The van der Waals surface area contributed by atoms with Crippen LogP contribution in [-0.2, 0) is 11.2 Å². The van der Waals surface area contributed by atoms with Crippen LogP contribution in [0.4, 0.5) is 0 Å². The fraction of sp³-hybridized carbons (Fsp3) is 0.533. The number of amides is 1. The van der Waals surface area contributed by atoms with Gasteiger partial charge in [-0.25, -0.2) is 0 Å². The van der Waals surface area contributed by atoms with Gasteiger partial charge >= 0.3 is 0 Å². The molecule has 1 rings (SSSR count). The Morgan fingerprint density at radius 3 is 2.79 bits per heavy atom. The highest BCUT2D eigenvalue weighted by molar-refractivity contribution is 9.10. The molecular weight excluding hydrogens is 306 g/mol. The van der Waals surface area contributed by atoms with E-state index in [9.17, 15) is 4.79 Å². The van der Waals surface area contributed by atoms with Gasteiger partial charge < -0.3 is 10.4 Å². The summed E-state index contributed by atoms with van der Waals surface area (Å²) in [5, 5.41) is 12.0. The van der Waals surface area contributed by atoms with Crippen molar-refractivity contribution in [2.24, 2.45) is 5.41 Å². The van der Waals surface area contributed by atoms with Crippen LogP contribution in [0.1, 0.15) is 32.3 Å². The minimum absolute atomic E-state index is 0.0416. The van der Waals surface area contributed by atoms with Crippen LogP contribution in [0, 0.1) is 5.41 Å². The number of hydrogen-bond acceptors (Lipinski definition) is 2. The number of hydrogen-bond donors (Lipinski definition) is 2. The van der Waals surface area contributed by atoms with Crippen molar-refractivity contribution in [3.63, 3.8) is 0 Å². The third-order valence-corrected chi connectivity index (χ3v) is 3.53. The number of carbonyl (C=O) groups excluding carboxylic acids is 1. The van der Waals surface area contributed by atoms with Gasteiger partial charge in [0.05, 0.1) is 6.42 Å². The molecule has 0 aliphatic heterocycles. The Hall–Kier alpha value is -0.870. The summed E-state index contributed by atoms with van der Waals surface area (Å²) in [7, 11) is 0. The zero-order valence-electron chi connectivity index (χ0n) is 11.6. The monoisotopic (exact) mass is 327 g/mol. The lowest BCUT2D eigenvalue weighted by Crippen LogP contribution is -2.27. The van der Waals surface area contributed by atoms with Crippen LogP contribution in [0.3, 0.4) is 0 Å². The molecule has 1 aromatic rings. The number of aliphatic hydroxyl groups excluding tert-OH is 1. The van der Waals surface area contributed by atoms with E-state index in [1.807, 2.05) is 38.1 Å². The minimum Gasteiger partial charge on any atom is -0.396 e. The van der Waals surface area contributed by atoms with Crippen LogP contribution in [0.5, 0.6) is 0 Å². The first-order valence-electron chi connectivity index (χ1n) is 6.55. The van der Waals surface area contributed by atoms with Crippen molar-refractivity contribution >= 4 is 21.8 Å². The molecule has 0 saturated carbocycles. The first-order chi connectivity index (χ1) is 8.93. The molecule has 0 heterocycles. The molecule has 0 unspecified atom stereocenters. The summed E-state index contributed by atoms with van der Waals surface area (Å²) in [6.45, 7) is 4.89. The lowest BCUT2D eigenvalue weighted by atomic mass is 9.89. The van der Waals surface area contributed by atoms with Crippen molar-refractivity contribution in [2.75, 3.05) is 13.2 Å². The molecule has 0 atom stereocenters. The Balaban J connectivity index is 2.25. The number of nitrogens with one attached hydrogen (secondary N) is 1. The van der Waals surface area contributed by atoms with Crippen LogP contribution >= 0.6 is 15.9 Å². The van der Waals surface area contributed by atoms with Gasteiger partial charge in [-0.2, -0.15) is 0 Å². The van der Waals surface area contributed by atoms with Crippen LogP contribution in [0.15, 0.2) is 28.7 Å². The largest absolute Gasteiger partial charge is 0.396 e. The van der Waals surface area contributed by atoms with Crippen LogP contribution in [0.2, 0.25) is 0 Å². The van der Waals surface area contributed by atoms with Crippen molar-refractivity contribution in [1.82, 2.24) is 5.32 Å². The smallest absolute Gasteiger partial charge is 0.224 e. The quantitative estimate of drug-likeness (QED) is 0.756. The fourth-order valence-corrected chi connectivity index (χ4v) is 2.22. The van der Waals surface area contributed by atoms with Gasteiger partial charge in [0.2, 0.25) is 5.91 Å². The highest BCUT2D eigenvalue weighted by Gasteiger charge is 2.15. The predicted octanol–water partition coefficient (Wildman–Crippen LogP) is 2.91. The van der Waals surface area contributed by atoms with E-state index in [2.05, 4.69) is 21.2 Å². The summed E-state index contributed by atoms with van der Waals surface area (Å²) >= 11 is 3.39. The molecule has 0 bridgehead atoms. The number of aliphatic hydroxyl groups is 1. The molecule has 0 fully saturated rings. The van der Waals surface area contributed by atoms with Crippen molar-refractivity contribution in [2.45, 2.75) is 33.1 Å². The molecule has 0 aliphatic carbocycles. The minimum atomic E-state index is -0.0605. The Bertz CT molecular complexity index is 418. The van der Waals surface area contributed by atoms with E-state index < -0.39 is 0 Å². The van der Waals surface area contributed by atoms with Crippen LogP contribution in [-0.4, -0.2) is 24.2 Å². The number of halogens is 1. The maximum absolute atomic E-state index is 11.7. The molecule has 0 saturated heterocycles. The van der Waals surface area contributed by atoms with Crippen molar-refractivity contribution in [3.05, 3.63) is 34.3 Å². The molecule has 2 N–H and O–H groups in total. The molecule has 4 heteroatoms. The van der Waals surface area contributed by atoms with Crippen LogP contribution in [0.25, 0.3) is 0 Å². The zero-order chi connectivity index (χ0) is 14.3. The lowest BCUT2D eigenvalue weighted by molar-refractivity contribution is -0.120. The molecule has 1 amide bonds. The second-order valence-electron chi connectivity index (χ2n) is 5.58. The Labute approximate surface area is 123 Å². The molecule has 1 aromatic carbocycles. The molecule has 19 heavy (non-hydrogen) atoms. The van der Waals surface area contributed by atoms with Crippen LogP contribution < -0.4 is 5.32 Å². The molecule has 3 nitrogen and oxygen atoms in total. The number of benzene rings is 1. The van der Waals surface area contributed by atoms with E-state index in [1.54, 1.807) is 0 Å². The van der Waals surface area contributed by atoms with Gasteiger partial charge in [-0.1, -0.05) is 41.9 Å². The highest BCUT2D eigenvalue weighted by Crippen LogP contribution is 2.20. The molecular formula is C15H22BrNO2. The van der Waals surface area contributed by atoms with E-state index >= 15 is 0 Å². The van der Waals surface area contributed by atoms with E-state index in [0.29, 0.717) is 13.0 Å². The van der Waals surface area contributed by atoms with E-state index in [-0.39, 0.29) is 17.9 Å². The van der Waals surface area contributed by atoms with Gasteiger partial charge in [-0.15, -0.1) is 0 Å². The first kappa shape index (κ1) is 16.2. The van der Waals surface area contributed by atoms with Crippen molar-refractivity contribution in [3.8, 4) is 0 Å². The summed E-state index contributed by atoms with van der Waals surface area (Å²) in [5.74, 6) is 0.0416. The average Bonchev–Trinajstić information content (AvgIpc) is 2.35. The van der Waals surface area contributed by atoms with Gasteiger partial charge in [0.1, 0.15) is 0 Å². The number of carbonyl (C=O) groups is 1. The second kappa shape index (κ2) is 7.65. The summed E-state index contributed by atoms with van der Waals surface area (Å²) in [6, 6.07) is 7.77. The first-order valence-corrected chi connectivity index (χ1v) is 7.34. The van der Waals surface area contributed by atoms with Gasteiger partial charge in [0.15, 0.2) is 0 Å². The second-order valence-corrected chi connectivity index (χ2v) is 6.50. The molecule has 106 valence electrons. The summed E-state index contributed by atoms with van der Waals surface area (Å²) in [6.07, 6.45) is 2.20. The van der Waals surface area contributed by atoms with Crippen molar-refractivity contribution < 1.29 is 9.90 Å². The lowest BCUT2D eigenvalue weighted by Gasteiger charge is -2.21. The van der Waals surface area contributed by atoms with E-state index in [1.165, 1.54) is 0 Å². The molecule has 0 radical (unpaired) electrons.